The van der Waals surface area contributed by atoms with Crippen molar-refractivity contribution in [1.29, 1.82) is 0 Å². The van der Waals surface area contributed by atoms with Crippen LogP contribution in [0.1, 0.15) is 60.8 Å². The van der Waals surface area contributed by atoms with Crippen LogP contribution in [0.2, 0.25) is 0 Å². The Morgan fingerprint density at radius 3 is 2.26 bits per heavy atom. The van der Waals surface area contributed by atoms with E-state index in [9.17, 15) is 9.59 Å². The lowest BCUT2D eigenvalue weighted by Gasteiger charge is -2.28. The number of ether oxygens (including phenoxy) is 1. The second-order valence-corrected chi connectivity index (χ2v) is 10.1. The van der Waals surface area contributed by atoms with Gasteiger partial charge in [0.2, 0.25) is 5.91 Å². The van der Waals surface area contributed by atoms with E-state index in [0.29, 0.717) is 25.9 Å². The van der Waals surface area contributed by atoms with Crippen LogP contribution in [0.25, 0.3) is 0 Å². The van der Waals surface area contributed by atoms with Crippen LogP contribution >= 0.6 is 21.6 Å². The Labute approximate surface area is 149 Å². The lowest BCUT2D eigenvalue weighted by molar-refractivity contribution is -0.128. The molecule has 0 aromatic carbocycles. The molecule has 0 aliphatic rings. The summed E-state index contributed by atoms with van der Waals surface area (Å²) in [7, 11) is 3.35. The first-order chi connectivity index (χ1) is 10.5. The van der Waals surface area contributed by atoms with E-state index >= 15 is 0 Å². The Balaban J connectivity index is 4.07. The third-order valence-corrected chi connectivity index (χ3v) is 5.27. The highest BCUT2D eigenvalue weighted by molar-refractivity contribution is 8.76. The van der Waals surface area contributed by atoms with Crippen molar-refractivity contribution >= 4 is 33.3 Å². The molecule has 1 amide bonds. The number of amides is 1. The second-order valence-electron chi connectivity index (χ2n) is 7.45. The van der Waals surface area contributed by atoms with Crippen molar-refractivity contribution in [2.45, 2.75) is 72.4 Å². The number of ketones is 1. The standard InChI is InChI=1S/C17H33NO3S2/c1-13(18-15(20)9-11-23-22-7)12-21-17(5,6)10-8-14(19)16(2,3)4/h13H,8-12H2,1-7H3,(H,18,20). The molecule has 0 bridgehead atoms. The second kappa shape index (κ2) is 10.6. The summed E-state index contributed by atoms with van der Waals surface area (Å²) < 4.78 is 5.90. The van der Waals surface area contributed by atoms with Gasteiger partial charge < -0.3 is 10.1 Å². The van der Waals surface area contributed by atoms with Crippen LogP contribution in [0.3, 0.4) is 0 Å². The summed E-state index contributed by atoms with van der Waals surface area (Å²) in [5, 5.41) is 2.95. The Hall–Kier alpha value is -0.200. The third-order valence-electron chi connectivity index (χ3n) is 3.45. The molecule has 0 aromatic rings. The van der Waals surface area contributed by atoms with E-state index in [1.54, 1.807) is 21.6 Å². The van der Waals surface area contributed by atoms with Crippen LogP contribution in [0.15, 0.2) is 0 Å². The fraction of sp³-hybridized carbons (Fsp3) is 0.882. The first-order valence-electron chi connectivity index (χ1n) is 8.10. The maximum atomic E-state index is 12.0. The summed E-state index contributed by atoms with van der Waals surface area (Å²) in [6.45, 7) is 12.2. The van der Waals surface area contributed by atoms with E-state index in [-0.39, 0.29) is 28.7 Å². The Morgan fingerprint density at radius 2 is 1.74 bits per heavy atom. The number of carbonyl (C=O) groups excluding carboxylic acids is 2. The molecule has 1 unspecified atom stereocenters. The van der Waals surface area contributed by atoms with Crippen LogP contribution in [0.4, 0.5) is 0 Å². The lowest BCUT2D eigenvalue weighted by atomic mass is 9.86. The molecular formula is C17H33NO3S2. The average molecular weight is 364 g/mol. The largest absolute Gasteiger partial charge is 0.373 e. The third kappa shape index (κ3) is 11.9. The Kier molecular flexibility index (Phi) is 10.5. The van der Waals surface area contributed by atoms with Crippen LogP contribution in [-0.4, -0.2) is 41.9 Å². The van der Waals surface area contributed by atoms with Crippen molar-refractivity contribution in [3.63, 3.8) is 0 Å². The molecule has 23 heavy (non-hydrogen) atoms. The molecule has 0 rings (SSSR count). The molecule has 1 N–H and O–H groups in total. The molecule has 1 atom stereocenters. The van der Waals surface area contributed by atoms with Crippen molar-refractivity contribution in [2.75, 3.05) is 18.6 Å². The molecule has 4 nitrogen and oxygen atoms in total. The predicted octanol–water partition coefficient (Wildman–Crippen LogP) is 4.08. The summed E-state index contributed by atoms with van der Waals surface area (Å²) in [6.07, 6.45) is 3.74. The van der Waals surface area contributed by atoms with Gasteiger partial charge >= 0.3 is 0 Å². The zero-order valence-electron chi connectivity index (χ0n) is 15.7. The SMILES string of the molecule is CSSCCC(=O)NC(C)COC(C)(C)CCC(=O)C(C)(C)C. The van der Waals surface area contributed by atoms with E-state index in [1.807, 2.05) is 47.8 Å². The molecule has 0 aliphatic heterocycles. The maximum absolute atomic E-state index is 12.0. The van der Waals surface area contributed by atoms with Gasteiger partial charge in [-0.3, -0.25) is 9.59 Å². The summed E-state index contributed by atoms with van der Waals surface area (Å²) in [5.41, 5.74) is -0.666. The highest BCUT2D eigenvalue weighted by atomic mass is 33.1. The highest BCUT2D eigenvalue weighted by Crippen LogP contribution is 2.23. The number of carbonyl (C=O) groups is 2. The maximum Gasteiger partial charge on any atom is 0.221 e. The topological polar surface area (TPSA) is 55.4 Å². The minimum Gasteiger partial charge on any atom is -0.373 e. The van der Waals surface area contributed by atoms with Crippen molar-refractivity contribution < 1.29 is 14.3 Å². The van der Waals surface area contributed by atoms with Crippen LogP contribution in [0, 0.1) is 5.41 Å². The number of rotatable bonds is 11. The quantitative estimate of drug-likeness (QED) is 0.443. The highest BCUT2D eigenvalue weighted by Gasteiger charge is 2.26. The smallest absolute Gasteiger partial charge is 0.221 e. The number of Topliss-reactive ketones (excluding diaryl/α,β-unsaturated/α-hetero) is 1. The summed E-state index contributed by atoms with van der Waals surface area (Å²) >= 11 is 0. The summed E-state index contributed by atoms with van der Waals surface area (Å²) in [4.78, 5) is 23.7. The van der Waals surface area contributed by atoms with E-state index in [0.717, 1.165) is 5.75 Å². The Morgan fingerprint density at radius 1 is 1.13 bits per heavy atom. The van der Waals surface area contributed by atoms with Gasteiger partial charge in [-0.25, -0.2) is 0 Å². The molecule has 0 radical (unpaired) electrons. The predicted molar refractivity (Wildman–Crippen MR) is 102 cm³/mol. The van der Waals surface area contributed by atoms with E-state index in [1.165, 1.54) is 0 Å². The average Bonchev–Trinajstić information content (AvgIpc) is 2.42. The molecule has 0 saturated heterocycles. The van der Waals surface area contributed by atoms with Gasteiger partial charge in [0, 0.05) is 30.1 Å². The first kappa shape index (κ1) is 22.8. The summed E-state index contributed by atoms with van der Waals surface area (Å²) in [5.74, 6) is 1.13. The van der Waals surface area contributed by atoms with Crippen LogP contribution in [0.5, 0.6) is 0 Å². The minimum absolute atomic E-state index is 0.0284. The van der Waals surface area contributed by atoms with Crippen LogP contribution in [-0.2, 0) is 14.3 Å². The molecule has 0 spiro atoms. The fourth-order valence-electron chi connectivity index (χ4n) is 1.82. The molecule has 0 heterocycles. The molecule has 6 heteroatoms. The van der Waals surface area contributed by atoms with Crippen molar-refractivity contribution in [2.24, 2.45) is 5.41 Å². The van der Waals surface area contributed by atoms with E-state index in [2.05, 4.69) is 5.32 Å². The summed E-state index contributed by atoms with van der Waals surface area (Å²) in [6, 6.07) is -0.0284. The van der Waals surface area contributed by atoms with Crippen molar-refractivity contribution in [3.8, 4) is 0 Å². The van der Waals surface area contributed by atoms with Crippen molar-refractivity contribution in [3.05, 3.63) is 0 Å². The van der Waals surface area contributed by atoms with Gasteiger partial charge in [0.25, 0.3) is 0 Å². The minimum atomic E-state index is -0.366. The molecule has 0 aliphatic carbocycles. The first-order valence-corrected chi connectivity index (χ1v) is 10.8. The van der Waals surface area contributed by atoms with Crippen molar-refractivity contribution in [1.82, 2.24) is 5.32 Å². The van der Waals surface area contributed by atoms with E-state index < -0.39 is 0 Å². The normalized spacial score (nSPS) is 13.7. The van der Waals surface area contributed by atoms with Crippen LogP contribution < -0.4 is 5.32 Å². The molecule has 0 saturated carbocycles. The fourth-order valence-corrected chi connectivity index (χ4v) is 3.00. The number of hydrogen-bond donors (Lipinski definition) is 1. The molecule has 0 fully saturated rings. The zero-order chi connectivity index (χ0) is 18.1. The monoisotopic (exact) mass is 363 g/mol. The van der Waals surface area contributed by atoms with Gasteiger partial charge in [0.15, 0.2) is 0 Å². The van der Waals surface area contributed by atoms with E-state index in [4.69, 9.17) is 4.74 Å². The lowest BCUT2D eigenvalue weighted by Crippen LogP contribution is -2.39. The molecule has 0 aromatic heterocycles. The number of hydrogen-bond acceptors (Lipinski definition) is 5. The van der Waals surface area contributed by atoms with Gasteiger partial charge in [-0.05, 0) is 33.4 Å². The van der Waals surface area contributed by atoms with Gasteiger partial charge in [-0.15, -0.1) is 0 Å². The van der Waals surface area contributed by atoms with Gasteiger partial charge in [-0.2, -0.15) is 0 Å². The zero-order valence-corrected chi connectivity index (χ0v) is 17.3. The Bertz CT molecular complexity index is 379. The van der Waals surface area contributed by atoms with Gasteiger partial charge in [0.05, 0.1) is 12.2 Å². The molecule has 136 valence electrons. The molecular weight excluding hydrogens is 330 g/mol. The van der Waals surface area contributed by atoms with Gasteiger partial charge in [-0.1, -0.05) is 42.4 Å². The van der Waals surface area contributed by atoms with Gasteiger partial charge in [0.1, 0.15) is 5.78 Å². The number of nitrogens with one attached hydrogen (secondary N) is 1.